The number of carbonyl (C=O) groups excluding carboxylic acids is 3. The van der Waals surface area contributed by atoms with Gasteiger partial charge in [-0.05, 0) is 42.7 Å². The van der Waals surface area contributed by atoms with E-state index >= 15 is 0 Å². The molecule has 11 heteroatoms. The van der Waals surface area contributed by atoms with Crippen LogP contribution in [0.1, 0.15) is 29.7 Å². The number of amides is 3. The van der Waals surface area contributed by atoms with E-state index in [0.29, 0.717) is 26.3 Å². The third kappa shape index (κ3) is 3.08. The quantitative estimate of drug-likeness (QED) is 0.604. The Morgan fingerprint density at radius 1 is 1.17 bits per heavy atom. The number of thioether (sulfide) groups is 1. The lowest BCUT2D eigenvalue weighted by Crippen LogP contribution is -2.52. The Balaban J connectivity index is 1.24. The van der Waals surface area contributed by atoms with Gasteiger partial charge in [0.2, 0.25) is 17.7 Å². The number of carbonyl (C=O) groups is 3. The number of morpholine rings is 1. The van der Waals surface area contributed by atoms with Gasteiger partial charge in [-0.1, -0.05) is 17.4 Å². The zero-order valence-corrected chi connectivity index (χ0v) is 21.3. The highest BCUT2D eigenvalue weighted by atomic mass is 32.2. The molecule has 2 saturated carbocycles. The second kappa shape index (κ2) is 8.26. The summed E-state index contributed by atoms with van der Waals surface area (Å²) in [5, 5.41) is 1.01. The molecule has 7 rings (SSSR count). The number of hydrogen-bond acceptors (Lipinski definition) is 8. The number of rotatable bonds is 3. The topological polar surface area (TPSA) is 113 Å². The van der Waals surface area contributed by atoms with Gasteiger partial charge in [-0.25, -0.2) is 0 Å². The molecule has 2 bridgehead atoms. The lowest BCUT2D eigenvalue weighted by Gasteiger charge is -2.42. The van der Waals surface area contributed by atoms with Gasteiger partial charge in [0.1, 0.15) is 6.04 Å². The molecule has 8 atom stereocenters. The number of hydrogen-bond donors (Lipinski definition) is 1. The maximum atomic E-state index is 13.8. The molecule has 0 spiro atoms. The summed E-state index contributed by atoms with van der Waals surface area (Å²) in [5.74, 6) is -1.22. The summed E-state index contributed by atoms with van der Waals surface area (Å²) >= 11 is 2.90. The molecular formula is C25H26N4O5S2. The van der Waals surface area contributed by atoms with Crippen LogP contribution in [0, 0.1) is 29.6 Å². The molecule has 2 aromatic rings. The molecule has 3 amide bonds. The Bertz CT molecular complexity index is 1310. The SMILES string of the molecule is CC(C(=O)N1CCOCC1)N1C(=O)C2C3CC(C2C1=O)C1C(c2cccnc2)c2sc(=O)[nH]c2SC31. The monoisotopic (exact) mass is 526 g/mol. The van der Waals surface area contributed by atoms with Gasteiger partial charge in [-0.3, -0.25) is 29.1 Å². The fourth-order valence-corrected chi connectivity index (χ4v) is 10.4. The molecule has 3 aliphatic heterocycles. The second-order valence-corrected chi connectivity index (χ2v) is 12.6. The second-order valence-electron chi connectivity index (χ2n) is 10.4. The number of nitrogens with one attached hydrogen (secondary N) is 1. The molecule has 8 unspecified atom stereocenters. The minimum atomic E-state index is -0.810. The summed E-state index contributed by atoms with van der Waals surface area (Å²) in [6.07, 6.45) is 4.41. The Morgan fingerprint density at radius 2 is 1.92 bits per heavy atom. The van der Waals surface area contributed by atoms with Crippen molar-refractivity contribution < 1.29 is 19.1 Å². The van der Waals surface area contributed by atoms with E-state index in [1.807, 2.05) is 18.3 Å². The summed E-state index contributed by atoms with van der Waals surface area (Å²) in [6, 6.07) is 3.14. The van der Waals surface area contributed by atoms with Crippen molar-refractivity contribution in [1.29, 1.82) is 0 Å². The van der Waals surface area contributed by atoms with Crippen molar-refractivity contribution >= 4 is 40.8 Å². The summed E-state index contributed by atoms with van der Waals surface area (Å²) in [4.78, 5) is 64.3. The average Bonchev–Trinajstić information content (AvgIpc) is 3.63. The highest BCUT2D eigenvalue weighted by Gasteiger charge is 2.70. The van der Waals surface area contributed by atoms with E-state index in [9.17, 15) is 19.2 Å². The van der Waals surface area contributed by atoms with Crippen LogP contribution >= 0.6 is 23.1 Å². The van der Waals surface area contributed by atoms with Crippen molar-refractivity contribution in [3.8, 4) is 0 Å². The van der Waals surface area contributed by atoms with Gasteiger partial charge in [0, 0.05) is 41.5 Å². The summed E-state index contributed by atoms with van der Waals surface area (Å²) in [5.41, 5.74) is 1.04. The minimum absolute atomic E-state index is 0.0280. The van der Waals surface area contributed by atoms with Crippen molar-refractivity contribution in [2.45, 2.75) is 35.6 Å². The summed E-state index contributed by atoms with van der Waals surface area (Å²) in [7, 11) is 0. The maximum Gasteiger partial charge on any atom is 0.305 e. The highest BCUT2D eigenvalue weighted by molar-refractivity contribution is 8.00. The number of likely N-dealkylation sites (tertiary alicyclic amines) is 1. The molecule has 2 aromatic heterocycles. The van der Waals surface area contributed by atoms with E-state index in [0.717, 1.165) is 21.9 Å². The van der Waals surface area contributed by atoms with E-state index in [-0.39, 0.29) is 51.5 Å². The third-order valence-electron chi connectivity index (χ3n) is 8.87. The summed E-state index contributed by atoms with van der Waals surface area (Å²) < 4.78 is 5.35. The number of aromatic nitrogens is 2. The molecule has 5 aliphatic rings. The van der Waals surface area contributed by atoms with Gasteiger partial charge in [0.25, 0.3) is 0 Å². The molecule has 0 aromatic carbocycles. The largest absolute Gasteiger partial charge is 0.378 e. The zero-order valence-electron chi connectivity index (χ0n) is 19.7. The van der Waals surface area contributed by atoms with Gasteiger partial charge < -0.3 is 14.6 Å². The van der Waals surface area contributed by atoms with Crippen LogP contribution < -0.4 is 4.87 Å². The molecule has 9 nitrogen and oxygen atoms in total. The van der Waals surface area contributed by atoms with Gasteiger partial charge in [0.05, 0.1) is 30.1 Å². The fourth-order valence-electron chi connectivity index (χ4n) is 7.51. The van der Waals surface area contributed by atoms with Crippen molar-refractivity contribution in [2.24, 2.45) is 29.6 Å². The van der Waals surface area contributed by atoms with E-state index in [1.165, 1.54) is 16.2 Å². The van der Waals surface area contributed by atoms with Crippen LogP contribution in [-0.4, -0.2) is 75.1 Å². The molecule has 0 radical (unpaired) electrons. The lowest BCUT2D eigenvalue weighted by atomic mass is 9.68. The molecule has 4 fully saturated rings. The van der Waals surface area contributed by atoms with Crippen molar-refractivity contribution in [3.05, 3.63) is 44.6 Å². The van der Waals surface area contributed by atoms with Crippen molar-refractivity contribution in [2.75, 3.05) is 26.3 Å². The molecule has 2 saturated heterocycles. The third-order valence-corrected chi connectivity index (χ3v) is 11.5. The van der Waals surface area contributed by atoms with Crippen LogP contribution in [0.25, 0.3) is 0 Å². The first-order chi connectivity index (χ1) is 17.5. The Hall–Kier alpha value is -2.50. The highest BCUT2D eigenvalue weighted by Crippen LogP contribution is 2.68. The fraction of sp³-hybridized carbons (Fsp3) is 0.560. The van der Waals surface area contributed by atoms with Gasteiger partial charge in [0.15, 0.2) is 0 Å². The number of H-pyrrole nitrogens is 1. The number of nitrogens with zero attached hydrogens (tertiary/aromatic N) is 3. The average molecular weight is 527 g/mol. The number of imide groups is 1. The number of pyridine rings is 1. The van der Waals surface area contributed by atoms with E-state index in [4.69, 9.17) is 4.74 Å². The van der Waals surface area contributed by atoms with E-state index in [1.54, 1.807) is 29.8 Å². The van der Waals surface area contributed by atoms with Gasteiger partial charge in [-0.15, -0.1) is 11.8 Å². The van der Waals surface area contributed by atoms with Crippen LogP contribution in [0.2, 0.25) is 0 Å². The minimum Gasteiger partial charge on any atom is -0.378 e. The Morgan fingerprint density at radius 3 is 2.64 bits per heavy atom. The predicted molar refractivity (Wildman–Crippen MR) is 131 cm³/mol. The number of thiazole rings is 1. The molecule has 188 valence electrons. The molecule has 5 heterocycles. The Kier molecular flexibility index (Phi) is 5.20. The number of ether oxygens (including phenoxy) is 1. The standard InChI is InChI=1S/C25H26N4O5S2/c1-11(22(30)28-5-7-34-8-6-28)29-23(31)17-13-9-14(18(17)24(29)32)19-16(13)15(12-3-2-4-26-10-12)20-21(35-19)27-25(33)36-20/h2-4,10-11,13-19H,5-9H2,1H3,(H,27,33). The van der Waals surface area contributed by atoms with Crippen molar-refractivity contribution in [1.82, 2.24) is 19.8 Å². The first-order valence-corrected chi connectivity index (χ1v) is 14.2. The number of fused-ring (bicyclic) bond motifs is 9. The van der Waals surface area contributed by atoms with Crippen LogP contribution in [0.3, 0.4) is 0 Å². The van der Waals surface area contributed by atoms with Crippen LogP contribution in [0.15, 0.2) is 34.3 Å². The maximum absolute atomic E-state index is 13.8. The number of aromatic amines is 1. The lowest BCUT2D eigenvalue weighted by molar-refractivity contribution is -0.153. The molecular weight excluding hydrogens is 500 g/mol. The summed E-state index contributed by atoms with van der Waals surface area (Å²) in [6.45, 7) is 3.58. The van der Waals surface area contributed by atoms with Crippen molar-refractivity contribution in [3.63, 3.8) is 0 Å². The zero-order chi connectivity index (χ0) is 24.7. The smallest absolute Gasteiger partial charge is 0.305 e. The molecule has 36 heavy (non-hydrogen) atoms. The first kappa shape index (κ1) is 22.7. The predicted octanol–water partition coefficient (Wildman–Crippen LogP) is 1.55. The van der Waals surface area contributed by atoms with E-state index in [2.05, 4.69) is 9.97 Å². The van der Waals surface area contributed by atoms with Gasteiger partial charge >= 0.3 is 4.87 Å². The normalized spacial score (nSPS) is 35.5. The van der Waals surface area contributed by atoms with Gasteiger partial charge in [-0.2, -0.15) is 0 Å². The van der Waals surface area contributed by atoms with Crippen LogP contribution in [0.4, 0.5) is 0 Å². The van der Waals surface area contributed by atoms with E-state index < -0.39 is 17.9 Å². The first-order valence-electron chi connectivity index (χ1n) is 12.5. The molecule has 1 N–H and O–H groups in total. The molecule has 2 aliphatic carbocycles. The van der Waals surface area contributed by atoms with Crippen LogP contribution in [-0.2, 0) is 19.1 Å². The Labute approximate surface area is 215 Å². The van der Waals surface area contributed by atoms with Crippen LogP contribution in [0.5, 0.6) is 0 Å².